The molecule has 0 aliphatic heterocycles. The fourth-order valence-corrected chi connectivity index (χ4v) is 1.34. The Morgan fingerprint density at radius 1 is 1.15 bits per heavy atom. The summed E-state index contributed by atoms with van der Waals surface area (Å²) in [4.78, 5) is 4.61. The minimum absolute atomic E-state index is 0.520. The number of unbranched alkanes of at least 4 members (excludes halogenated alkanes) is 3. The molecule has 0 amide bonds. The Bertz CT molecular complexity index is 138. The third-order valence-electron chi connectivity index (χ3n) is 2.42. The van der Waals surface area contributed by atoms with Gasteiger partial charge in [0.05, 0.1) is 0 Å². The van der Waals surface area contributed by atoms with Crippen LogP contribution in [0.1, 0.15) is 66.2 Å². The molecule has 0 bridgehead atoms. The molecule has 0 saturated heterocycles. The molecule has 0 saturated carbocycles. The zero-order chi connectivity index (χ0) is 10.1. The summed E-state index contributed by atoms with van der Waals surface area (Å²) >= 11 is 0. The first kappa shape index (κ1) is 12.7. The van der Waals surface area contributed by atoms with Crippen molar-refractivity contribution >= 4 is 5.71 Å². The fraction of sp³-hybridized carbons (Fsp3) is 0.917. The van der Waals surface area contributed by atoms with E-state index in [1.807, 2.05) is 0 Å². The van der Waals surface area contributed by atoms with Crippen LogP contribution in [0.4, 0.5) is 0 Å². The van der Waals surface area contributed by atoms with E-state index in [9.17, 15) is 0 Å². The molecular weight excluding hydrogens is 158 g/mol. The lowest BCUT2D eigenvalue weighted by Crippen LogP contribution is -2.01. The van der Waals surface area contributed by atoms with E-state index in [1.54, 1.807) is 0 Å². The highest BCUT2D eigenvalue weighted by molar-refractivity contribution is 5.81. The van der Waals surface area contributed by atoms with Gasteiger partial charge in [0.2, 0.25) is 0 Å². The molecule has 0 fully saturated rings. The van der Waals surface area contributed by atoms with Crippen LogP contribution in [0.15, 0.2) is 4.99 Å². The maximum Gasteiger partial charge on any atom is 0.0468 e. The van der Waals surface area contributed by atoms with E-state index < -0.39 is 0 Å². The average Bonchev–Trinajstić information content (AvgIpc) is 2.12. The summed E-state index contributed by atoms with van der Waals surface area (Å²) in [6.07, 6.45) is 7.73. The van der Waals surface area contributed by atoms with Crippen molar-refractivity contribution in [2.75, 3.05) is 0 Å². The Morgan fingerprint density at radius 2 is 1.85 bits per heavy atom. The fourth-order valence-electron chi connectivity index (χ4n) is 1.34. The molecule has 0 radical (unpaired) electrons. The SMILES string of the molecule is CCCCCCC(C)=NC(C)CC. The van der Waals surface area contributed by atoms with E-state index in [1.165, 1.54) is 37.8 Å². The van der Waals surface area contributed by atoms with Gasteiger partial charge >= 0.3 is 0 Å². The molecule has 1 heteroatoms. The average molecular weight is 183 g/mol. The summed E-state index contributed by atoms with van der Waals surface area (Å²) in [5.74, 6) is 0. The maximum atomic E-state index is 4.61. The lowest BCUT2D eigenvalue weighted by atomic mass is 10.1. The molecule has 0 aromatic heterocycles. The van der Waals surface area contributed by atoms with Crippen molar-refractivity contribution in [1.82, 2.24) is 0 Å². The zero-order valence-electron chi connectivity index (χ0n) is 9.77. The van der Waals surface area contributed by atoms with Crippen LogP contribution in [0.2, 0.25) is 0 Å². The molecule has 1 nitrogen and oxygen atoms in total. The van der Waals surface area contributed by atoms with Crippen LogP contribution in [0.3, 0.4) is 0 Å². The molecular formula is C12H25N. The van der Waals surface area contributed by atoms with E-state index in [4.69, 9.17) is 0 Å². The Hall–Kier alpha value is -0.330. The number of nitrogens with zero attached hydrogens (tertiary/aromatic N) is 1. The first-order valence-electron chi connectivity index (χ1n) is 5.74. The zero-order valence-corrected chi connectivity index (χ0v) is 9.77. The summed E-state index contributed by atoms with van der Waals surface area (Å²) in [5, 5.41) is 0. The van der Waals surface area contributed by atoms with E-state index in [0.29, 0.717) is 6.04 Å². The summed E-state index contributed by atoms with van der Waals surface area (Å²) in [7, 11) is 0. The third kappa shape index (κ3) is 8.01. The lowest BCUT2D eigenvalue weighted by Gasteiger charge is -2.05. The van der Waals surface area contributed by atoms with Crippen molar-refractivity contribution in [2.24, 2.45) is 4.99 Å². The van der Waals surface area contributed by atoms with Crippen LogP contribution < -0.4 is 0 Å². The quantitative estimate of drug-likeness (QED) is 0.414. The topological polar surface area (TPSA) is 12.4 Å². The van der Waals surface area contributed by atoms with Crippen LogP contribution >= 0.6 is 0 Å². The largest absolute Gasteiger partial charge is 0.291 e. The number of hydrogen-bond donors (Lipinski definition) is 0. The molecule has 0 aromatic carbocycles. The van der Waals surface area contributed by atoms with Gasteiger partial charge in [-0.15, -0.1) is 0 Å². The van der Waals surface area contributed by atoms with Crippen molar-refractivity contribution in [3.05, 3.63) is 0 Å². The highest BCUT2D eigenvalue weighted by Gasteiger charge is 1.96. The van der Waals surface area contributed by atoms with E-state index in [-0.39, 0.29) is 0 Å². The third-order valence-corrected chi connectivity index (χ3v) is 2.42. The lowest BCUT2D eigenvalue weighted by molar-refractivity contribution is 0.673. The van der Waals surface area contributed by atoms with Crippen molar-refractivity contribution in [3.63, 3.8) is 0 Å². The normalized spacial score (nSPS) is 14.6. The van der Waals surface area contributed by atoms with Gasteiger partial charge in [-0.3, -0.25) is 4.99 Å². The molecule has 0 aliphatic rings. The second-order valence-corrected chi connectivity index (χ2v) is 3.93. The van der Waals surface area contributed by atoms with Crippen molar-refractivity contribution in [2.45, 2.75) is 72.3 Å². The van der Waals surface area contributed by atoms with Crippen LogP contribution in [0.25, 0.3) is 0 Å². The van der Waals surface area contributed by atoms with Crippen LogP contribution in [0.5, 0.6) is 0 Å². The smallest absolute Gasteiger partial charge is 0.0468 e. The molecule has 78 valence electrons. The molecule has 1 atom stereocenters. The van der Waals surface area contributed by atoms with Crippen molar-refractivity contribution in [1.29, 1.82) is 0 Å². The minimum atomic E-state index is 0.520. The number of hydrogen-bond acceptors (Lipinski definition) is 1. The van der Waals surface area contributed by atoms with Gasteiger partial charge < -0.3 is 0 Å². The Kier molecular flexibility index (Phi) is 8.07. The monoisotopic (exact) mass is 183 g/mol. The standard InChI is InChI=1S/C12H25N/c1-5-7-8-9-10-12(4)13-11(3)6-2/h11H,5-10H2,1-4H3. The van der Waals surface area contributed by atoms with Gasteiger partial charge in [-0.1, -0.05) is 33.1 Å². The van der Waals surface area contributed by atoms with Gasteiger partial charge in [0.15, 0.2) is 0 Å². The molecule has 0 rings (SSSR count). The Balaban J connectivity index is 3.49. The number of aliphatic imine (C=N–C) groups is 1. The van der Waals surface area contributed by atoms with Gasteiger partial charge in [-0.2, -0.15) is 0 Å². The van der Waals surface area contributed by atoms with Gasteiger partial charge in [0, 0.05) is 11.8 Å². The number of rotatable bonds is 7. The highest BCUT2D eigenvalue weighted by atomic mass is 14.8. The van der Waals surface area contributed by atoms with E-state index in [0.717, 1.165) is 6.42 Å². The van der Waals surface area contributed by atoms with Crippen molar-refractivity contribution < 1.29 is 0 Å². The van der Waals surface area contributed by atoms with Crippen LogP contribution in [-0.4, -0.2) is 11.8 Å². The van der Waals surface area contributed by atoms with Gasteiger partial charge in [0.25, 0.3) is 0 Å². The second kappa shape index (κ2) is 8.28. The summed E-state index contributed by atoms with van der Waals surface area (Å²) in [6.45, 7) is 8.80. The molecule has 0 aromatic rings. The molecule has 0 N–H and O–H groups in total. The summed E-state index contributed by atoms with van der Waals surface area (Å²) in [5.41, 5.74) is 1.34. The molecule has 13 heavy (non-hydrogen) atoms. The molecule has 0 aliphatic carbocycles. The summed E-state index contributed by atoms with van der Waals surface area (Å²) in [6, 6.07) is 0.520. The Morgan fingerprint density at radius 3 is 2.38 bits per heavy atom. The maximum absolute atomic E-state index is 4.61. The molecule has 0 heterocycles. The van der Waals surface area contributed by atoms with Gasteiger partial charge in [0.1, 0.15) is 0 Å². The minimum Gasteiger partial charge on any atom is -0.291 e. The molecule has 0 spiro atoms. The van der Waals surface area contributed by atoms with E-state index in [2.05, 4.69) is 32.7 Å². The second-order valence-electron chi connectivity index (χ2n) is 3.93. The Labute approximate surface area is 83.6 Å². The van der Waals surface area contributed by atoms with Crippen LogP contribution in [-0.2, 0) is 0 Å². The van der Waals surface area contributed by atoms with Gasteiger partial charge in [-0.05, 0) is 33.1 Å². The highest BCUT2D eigenvalue weighted by Crippen LogP contribution is 2.05. The molecule has 1 unspecified atom stereocenters. The van der Waals surface area contributed by atoms with Crippen LogP contribution in [0, 0.1) is 0 Å². The first-order valence-corrected chi connectivity index (χ1v) is 5.74. The van der Waals surface area contributed by atoms with E-state index >= 15 is 0 Å². The summed E-state index contributed by atoms with van der Waals surface area (Å²) < 4.78 is 0. The first-order chi connectivity index (χ1) is 6.20. The van der Waals surface area contributed by atoms with Crippen molar-refractivity contribution in [3.8, 4) is 0 Å². The van der Waals surface area contributed by atoms with Gasteiger partial charge in [-0.25, -0.2) is 0 Å². The predicted molar refractivity (Wildman–Crippen MR) is 61.6 cm³/mol. The predicted octanol–water partition coefficient (Wildman–Crippen LogP) is 4.22.